The number of nitrogens with two attached hydrogens (primary N) is 4. The fourth-order valence-electron chi connectivity index (χ4n) is 1.53. The molecule has 5 nitrogen and oxygen atoms in total. The van der Waals surface area contributed by atoms with Gasteiger partial charge in [0.2, 0.25) is 0 Å². The van der Waals surface area contributed by atoms with Gasteiger partial charge in [0.15, 0.2) is 0 Å². The van der Waals surface area contributed by atoms with Gasteiger partial charge in [-0.1, -0.05) is 18.2 Å². The van der Waals surface area contributed by atoms with Crippen molar-refractivity contribution >= 4 is 6.08 Å². The van der Waals surface area contributed by atoms with Gasteiger partial charge >= 0.3 is 0 Å². The Kier molecular flexibility index (Phi) is 4.51. The Hall–Kier alpha value is -1.56. The first-order valence-electron chi connectivity index (χ1n) is 5.45. The second-order valence-corrected chi connectivity index (χ2v) is 4.05. The van der Waals surface area contributed by atoms with Crippen LogP contribution in [-0.2, 0) is 0 Å². The van der Waals surface area contributed by atoms with E-state index in [1.54, 1.807) is 24.3 Å². The van der Waals surface area contributed by atoms with Gasteiger partial charge < -0.3 is 28.0 Å². The number of hydrogen-bond donors (Lipinski definition) is 5. The Bertz CT molecular complexity index is 391. The molecule has 5 heteroatoms. The second-order valence-electron chi connectivity index (χ2n) is 4.05. The molecule has 9 N–H and O–H groups in total. The highest BCUT2D eigenvalue weighted by Crippen LogP contribution is 2.25. The van der Waals surface area contributed by atoms with Gasteiger partial charge in [0.25, 0.3) is 0 Å². The SMILES string of the molecule is NCC(CN)(CN)C(N)=Cc1ccccc1O. The maximum atomic E-state index is 9.65. The summed E-state index contributed by atoms with van der Waals surface area (Å²) in [5, 5.41) is 9.65. The monoisotopic (exact) mass is 236 g/mol. The molecule has 0 aliphatic heterocycles. The molecule has 0 fully saturated rings. The van der Waals surface area contributed by atoms with Crippen molar-refractivity contribution < 1.29 is 5.11 Å². The van der Waals surface area contributed by atoms with Crippen LogP contribution in [0.4, 0.5) is 0 Å². The maximum Gasteiger partial charge on any atom is 0.122 e. The molecule has 0 saturated carbocycles. The number of hydrogen-bond acceptors (Lipinski definition) is 5. The van der Waals surface area contributed by atoms with Gasteiger partial charge in [-0.15, -0.1) is 0 Å². The highest BCUT2D eigenvalue weighted by Gasteiger charge is 2.28. The third-order valence-corrected chi connectivity index (χ3v) is 3.03. The molecule has 0 amide bonds. The molecule has 0 aliphatic rings. The van der Waals surface area contributed by atoms with E-state index >= 15 is 0 Å². The molecule has 0 unspecified atom stereocenters. The van der Waals surface area contributed by atoms with Crippen molar-refractivity contribution in [3.63, 3.8) is 0 Å². The van der Waals surface area contributed by atoms with E-state index in [0.29, 0.717) is 11.3 Å². The average molecular weight is 236 g/mol. The van der Waals surface area contributed by atoms with Crippen LogP contribution < -0.4 is 22.9 Å². The predicted octanol–water partition coefficient (Wildman–Crippen LogP) is -0.446. The van der Waals surface area contributed by atoms with E-state index in [9.17, 15) is 5.11 Å². The summed E-state index contributed by atoms with van der Waals surface area (Å²) in [6, 6.07) is 6.91. The van der Waals surface area contributed by atoms with Crippen molar-refractivity contribution in [1.82, 2.24) is 0 Å². The summed E-state index contributed by atoms with van der Waals surface area (Å²) < 4.78 is 0. The van der Waals surface area contributed by atoms with Crippen molar-refractivity contribution in [3.05, 3.63) is 35.5 Å². The van der Waals surface area contributed by atoms with Crippen molar-refractivity contribution in [1.29, 1.82) is 0 Å². The summed E-state index contributed by atoms with van der Waals surface area (Å²) in [5.41, 5.74) is 23.5. The van der Waals surface area contributed by atoms with E-state index in [2.05, 4.69) is 0 Å². The van der Waals surface area contributed by atoms with Gasteiger partial charge in [0, 0.05) is 36.3 Å². The van der Waals surface area contributed by atoms with E-state index in [1.807, 2.05) is 6.07 Å². The van der Waals surface area contributed by atoms with Gasteiger partial charge in [-0.2, -0.15) is 0 Å². The largest absolute Gasteiger partial charge is 0.507 e. The summed E-state index contributed by atoms with van der Waals surface area (Å²) >= 11 is 0. The van der Waals surface area contributed by atoms with Crippen molar-refractivity contribution in [2.75, 3.05) is 19.6 Å². The fourth-order valence-corrected chi connectivity index (χ4v) is 1.53. The van der Waals surface area contributed by atoms with E-state index in [0.717, 1.165) is 0 Å². The van der Waals surface area contributed by atoms with Crippen molar-refractivity contribution in [2.45, 2.75) is 0 Å². The number of para-hydroxylation sites is 1. The van der Waals surface area contributed by atoms with Gasteiger partial charge in [-0.3, -0.25) is 0 Å². The third kappa shape index (κ3) is 2.76. The number of phenolic OH excluding ortho intramolecular Hbond substituents is 1. The smallest absolute Gasteiger partial charge is 0.122 e. The summed E-state index contributed by atoms with van der Waals surface area (Å²) in [7, 11) is 0. The first-order valence-corrected chi connectivity index (χ1v) is 5.45. The molecule has 0 heterocycles. The molecule has 0 atom stereocenters. The molecular weight excluding hydrogens is 216 g/mol. The Balaban J connectivity index is 3.11. The van der Waals surface area contributed by atoms with Crippen LogP contribution in [0.5, 0.6) is 5.75 Å². The van der Waals surface area contributed by atoms with Crippen LogP contribution in [0.3, 0.4) is 0 Å². The Morgan fingerprint density at radius 3 is 2.12 bits per heavy atom. The molecule has 0 aromatic heterocycles. The summed E-state index contributed by atoms with van der Waals surface area (Å²) in [6.07, 6.45) is 1.67. The van der Waals surface area contributed by atoms with Gasteiger partial charge in [0.05, 0.1) is 0 Å². The topological polar surface area (TPSA) is 124 Å². The molecule has 0 radical (unpaired) electrons. The molecule has 1 aromatic rings. The second kappa shape index (κ2) is 5.67. The molecule has 17 heavy (non-hydrogen) atoms. The molecule has 0 bridgehead atoms. The Labute approximate surface area is 101 Å². The van der Waals surface area contributed by atoms with Gasteiger partial charge in [-0.25, -0.2) is 0 Å². The highest BCUT2D eigenvalue weighted by atomic mass is 16.3. The van der Waals surface area contributed by atoms with Crippen LogP contribution in [0.1, 0.15) is 5.56 Å². The molecule has 1 aromatic carbocycles. The zero-order valence-corrected chi connectivity index (χ0v) is 9.76. The quantitative estimate of drug-likeness (QED) is 0.474. The Morgan fingerprint density at radius 2 is 1.65 bits per heavy atom. The van der Waals surface area contributed by atoms with E-state index in [1.165, 1.54) is 0 Å². The number of benzene rings is 1. The van der Waals surface area contributed by atoms with Crippen molar-refractivity contribution in [2.24, 2.45) is 28.3 Å². The molecule has 1 rings (SSSR count). The van der Waals surface area contributed by atoms with Crippen LogP contribution >= 0.6 is 0 Å². The lowest BCUT2D eigenvalue weighted by atomic mass is 9.84. The lowest BCUT2D eigenvalue weighted by Gasteiger charge is -2.30. The van der Waals surface area contributed by atoms with Gasteiger partial charge in [0.1, 0.15) is 5.75 Å². The van der Waals surface area contributed by atoms with E-state index in [-0.39, 0.29) is 25.4 Å². The van der Waals surface area contributed by atoms with Crippen LogP contribution in [0.15, 0.2) is 30.0 Å². The predicted molar refractivity (Wildman–Crippen MR) is 69.9 cm³/mol. The zero-order valence-electron chi connectivity index (χ0n) is 9.76. The lowest BCUT2D eigenvalue weighted by molar-refractivity contribution is 0.388. The minimum atomic E-state index is -0.609. The fraction of sp³-hybridized carbons (Fsp3) is 0.333. The van der Waals surface area contributed by atoms with Crippen molar-refractivity contribution in [3.8, 4) is 5.75 Å². The molecule has 0 spiro atoms. The van der Waals surface area contributed by atoms with Crippen LogP contribution in [-0.4, -0.2) is 24.7 Å². The number of rotatable bonds is 5. The third-order valence-electron chi connectivity index (χ3n) is 3.03. The van der Waals surface area contributed by atoms with Gasteiger partial charge in [-0.05, 0) is 12.1 Å². The normalized spacial score (nSPS) is 12.8. The lowest BCUT2D eigenvalue weighted by Crippen LogP contribution is -2.47. The van der Waals surface area contributed by atoms with Crippen LogP contribution in [0.2, 0.25) is 0 Å². The Morgan fingerprint density at radius 1 is 1.12 bits per heavy atom. The summed E-state index contributed by atoms with van der Waals surface area (Å²) in [4.78, 5) is 0. The van der Waals surface area contributed by atoms with Crippen LogP contribution in [0, 0.1) is 5.41 Å². The number of aromatic hydroxyl groups is 1. The summed E-state index contributed by atoms with van der Waals surface area (Å²) in [6.45, 7) is 0.821. The maximum absolute atomic E-state index is 9.65. The standard InChI is InChI=1S/C12H20N4O/c13-6-12(7-14,8-15)11(16)5-9-3-1-2-4-10(9)17/h1-5,17H,6-8,13-16H2. The number of phenols is 1. The molecular formula is C12H20N4O. The first kappa shape index (κ1) is 13.5. The molecule has 94 valence electrons. The van der Waals surface area contributed by atoms with E-state index < -0.39 is 5.41 Å². The molecule has 0 saturated heterocycles. The molecule has 0 aliphatic carbocycles. The zero-order chi connectivity index (χ0) is 12.9. The summed E-state index contributed by atoms with van der Waals surface area (Å²) in [5.74, 6) is 0.162. The average Bonchev–Trinajstić information content (AvgIpc) is 2.35. The first-order chi connectivity index (χ1) is 8.09. The minimum Gasteiger partial charge on any atom is -0.507 e. The van der Waals surface area contributed by atoms with E-state index in [4.69, 9.17) is 22.9 Å². The minimum absolute atomic E-state index is 0.162. The van der Waals surface area contributed by atoms with Crippen LogP contribution in [0.25, 0.3) is 6.08 Å². The highest BCUT2D eigenvalue weighted by molar-refractivity contribution is 5.59.